The maximum absolute atomic E-state index is 8.31. The second kappa shape index (κ2) is 13.1. The van der Waals surface area contributed by atoms with Crippen LogP contribution in [0.1, 0.15) is 5.56 Å². The summed E-state index contributed by atoms with van der Waals surface area (Å²) in [6.45, 7) is 1.42. The highest BCUT2D eigenvalue weighted by atomic mass is 16.6. The fourth-order valence-electron chi connectivity index (χ4n) is 1.04. The lowest BCUT2D eigenvalue weighted by Crippen LogP contribution is -2.21. The monoisotopic (exact) mass is 269 g/mol. The molecule has 0 unspecified atom stereocenters. The Kier molecular flexibility index (Phi) is 12.1. The van der Waals surface area contributed by atoms with Crippen LogP contribution < -0.4 is 5.32 Å². The van der Waals surface area contributed by atoms with Gasteiger partial charge in [-0.3, -0.25) is 0 Å². The smallest absolute Gasteiger partial charge is 0.518 e. The highest BCUT2D eigenvalue weighted by Crippen LogP contribution is 2.00. The third kappa shape index (κ3) is 12.9. The van der Waals surface area contributed by atoms with Crippen LogP contribution in [0.5, 0.6) is 0 Å². The van der Waals surface area contributed by atoms with Crippen LogP contribution >= 0.6 is 0 Å². The Labute approximate surface area is 113 Å². The molecule has 0 atom stereocenters. The van der Waals surface area contributed by atoms with Crippen molar-refractivity contribution >= 4 is 13.4 Å². The summed E-state index contributed by atoms with van der Waals surface area (Å²) in [6, 6.07) is 9.43. The number of aliphatic hydroxyl groups is 2. The normalized spacial score (nSPS) is 9.89. The number of rotatable bonds is 7. The molecule has 0 heterocycles. The molecule has 0 amide bonds. The van der Waals surface area contributed by atoms with Crippen LogP contribution in [-0.4, -0.2) is 53.9 Å². The summed E-state index contributed by atoms with van der Waals surface area (Å²) in [7, 11) is -1.75. The molecule has 7 heteroatoms. The lowest BCUT2D eigenvalue weighted by molar-refractivity contribution is 0.258. The van der Waals surface area contributed by atoms with Crippen LogP contribution in [0, 0.1) is 0 Å². The summed E-state index contributed by atoms with van der Waals surface area (Å²) in [5, 5.41) is 35.7. The summed E-state index contributed by atoms with van der Waals surface area (Å²) < 4.78 is 4.38. The number of nitrogens with one attached hydrogen (secondary N) is 1. The van der Waals surface area contributed by atoms with E-state index >= 15 is 0 Å². The fourth-order valence-corrected chi connectivity index (χ4v) is 1.04. The van der Waals surface area contributed by atoms with Crippen LogP contribution in [0.15, 0.2) is 36.6 Å². The molecule has 0 aromatic heterocycles. The Morgan fingerprint density at radius 2 is 1.63 bits per heavy atom. The van der Waals surface area contributed by atoms with Crippen molar-refractivity contribution in [2.75, 3.05) is 26.3 Å². The fraction of sp³-hybridized carbons (Fsp3) is 0.333. The average molecular weight is 269 g/mol. The summed E-state index contributed by atoms with van der Waals surface area (Å²) >= 11 is 0. The van der Waals surface area contributed by atoms with Gasteiger partial charge in [-0.25, -0.2) is 0 Å². The van der Waals surface area contributed by atoms with Crippen molar-refractivity contribution in [3.05, 3.63) is 42.2 Å². The maximum atomic E-state index is 8.31. The second-order valence-corrected chi connectivity index (χ2v) is 3.37. The zero-order valence-electron chi connectivity index (χ0n) is 10.6. The van der Waals surface area contributed by atoms with E-state index in [0.717, 1.165) is 5.56 Å². The molecule has 0 saturated heterocycles. The standard InChI is InChI=1S/C8H9BO3.C4H11NO2/c10-9(11)12-7-6-8-4-2-1-3-5-8;6-3-1-5-2-4-7/h1-7,10-11H;5-7H,1-4H2. The minimum Gasteiger partial charge on any atom is -0.518 e. The maximum Gasteiger partial charge on any atom is 0.707 e. The van der Waals surface area contributed by atoms with E-state index in [2.05, 4.69) is 9.97 Å². The second-order valence-electron chi connectivity index (χ2n) is 3.37. The molecule has 1 aromatic carbocycles. The molecule has 0 aliphatic carbocycles. The first-order valence-electron chi connectivity index (χ1n) is 5.86. The Balaban J connectivity index is 0.000000399. The molecule has 1 aromatic rings. The summed E-state index contributed by atoms with van der Waals surface area (Å²) in [5.74, 6) is 0. The highest BCUT2D eigenvalue weighted by molar-refractivity contribution is 6.32. The van der Waals surface area contributed by atoms with Gasteiger partial charge < -0.3 is 30.2 Å². The number of hydrogen-bond acceptors (Lipinski definition) is 6. The van der Waals surface area contributed by atoms with Crippen molar-refractivity contribution in [3.8, 4) is 0 Å². The van der Waals surface area contributed by atoms with Gasteiger partial charge in [-0.05, 0) is 11.6 Å². The molecule has 5 N–H and O–H groups in total. The lowest BCUT2D eigenvalue weighted by Gasteiger charge is -1.95. The van der Waals surface area contributed by atoms with Gasteiger partial charge in [0, 0.05) is 13.1 Å². The molecule has 1 rings (SSSR count). The molecule has 106 valence electrons. The van der Waals surface area contributed by atoms with Gasteiger partial charge in [-0.2, -0.15) is 0 Å². The minimum atomic E-state index is -1.75. The molecule has 0 bridgehead atoms. The minimum absolute atomic E-state index is 0.139. The predicted octanol–water partition coefficient (Wildman–Crippen LogP) is -0.796. The largest absolute Gasteiger partial charge is 0.707 e. The van der Waals surface area contributed by atoms with Crippen molar-refractivity contribution < 1.29 is 24.9 Å². The molecule has 6 nitrogen and oxygen atoms in total. The zero-order chi connectivity index (χ0) is 14.3. The molecular formula is C12H20BNO5. The molecule has 0 aliphatic rings. The van der Waals surface area contributed by atoms with E-state index in [9.17, 15) is 0 Å². The quantitative estimate of drug-likeness (QED) is 0.252. The van der Waals surface area contributed by atoms with E-state index in [4.69, 9.17) is 20.3 Å². The van der Waals surface area contributed by atoms with Crippen molar-refractivity contribution in [2.45, 2.75) is 0 Å². The summed E-state index contributed by atoms with van der Waals surface area (Å²) in [6.07, 6.45) is 2.87. The van der Waals surface area contributed by atoms with Crippen LogP contribution in [0.3, 0.4) is 0 Å². The van der Waals surface area contributed by atoms with Gasteiger partial charge in [-0.15, -0.1) is 0 Å². The van der Waals surface area contributed by atoms with Gasteiger partial charge in [0.2, 0.25) is 0 Å². The Morgan fingerprint density at radius 3 is 2.11 bits per heavy atom. The summed E-state index contributed by atoms with van der Waals surface area (Å²) in [4.78, 5) is 0. The topological polar surface area (TPSA) is 102 Å². The highest BCUT2D eigenvalue weighted by Gasteiger charge is 2.05. The average Bonchev–Trinajstić information content (AvgIpc) is 2.41. The van der Waals surface area contributed by atoms with E-state index in [0.29, 0.717) is 13.1 Å². The lowest BCUT2D eigenvalue weighted by atomic mass is 10.2. The number of hydrogen-bond donors (Lipinski definition) is 5. The van der Waals surface area contributed by atoms with Gasteiger partial charge in [0.05, 0.1) is 19.5 Å². The first-order chi connectivity index (χ1) is 9.20. The van der Waals surface area contributed by atoms with Crippen LogP contribution in [0.2, 0.25) is 0 Å². The van der Waals surface area contributed by atoms with Crippen molar-refractivity contribution in [3.63, 3.8) is 0 Å². The molecule has 19 heavy (non-hydrogen) atoms. The Hall–Kier alpha value is -1.38. The molecule has 0 spiro atoms. The van der Waals surface area contributed by atoms with Crippen LogP contribution in [-0.2, 0) is 4.65 Å². The zero-order valence-corrected chi connectivity index (χ0v) is 10.6. The molecule has 0 aliphatic heterocycles. The van der Waals surface area contributed by atoms with Crippen molar-refractivity contribution in [1.82, 2.24) is 5.32 Å². The third-order valence-corrected chi connectivity index (χ3v) is 1.84. The predicted molar refractivity (Wildman–Crippen MR) is 73.8 cm³/mol. The Bertz CT molecular complexity index is 317. The van der Waals surface area contributed by atoms with Crippen molar-refractivity contribution in [1.29, 1.82) is 0 Å². The van der Waals surface area contributed by atoms with E-state index < -0.39 is 7.32 Å². The van der Waals surface area contributed by atoms with Gasteiger partial charge in [0.1, 0.15) is 0 Å². The first kappa shape index (κ1) is 17.6. The SMILES string of the molecule is OB(O)OC=Cc1ccccc1.OCCNCCO. The Morgan fingerprint density at radius 1 is 1.05 bits per heavy atom. The van der Waals surface area contributed by atoms with Gasteiger partial charge in [-0.1, -0.05) is 30.3 Å². The third-order valence-electron chi connectivity index (χ3n) is 1.84. The van der Waals surface area contributed by atoms with E-state index in [1.807, 2.05) is 30.3 Å². The van der Waals surface area contributed by atoms with Crippen LogP contribution in [0.4, 0.5) is 0 Å². The van der Waals surface area contributed by atoms with Crippen LogP contribution in [0.25, 0.3) is 6.08 Å². The molecule has 0 radical (unpaired) electrons. The number of aliphatic hydroxyl groups excluding tert-OH is 2. The van der Waals surface area contributed by atoms with E-state index in [-0.39, 0.29) is 13.2 Å². The molecule has 0 saturated carbocycles. The van der Waals surface area contributed by atoms with Gasteiger partial charge >= 0.3 is 7.32 Å². The number of benzene rings is 1. The molecular weight excluding hydrogens is 249 g/mol. The van der Waals surface area contributed by atoms with Gasteiger partial charge in [0.15, 0.2) is 0 Å². The molecule has 0 fully saturated rings. The van der Waals surface area contributed by atoms with Gasteiger partial charge in [0.25, 0.3) is 0 Å². The first-order valence-corrected chi connectivity index (χ1v) is 5.86. The van der Waals surface area contributed by atoms with E-state index in [1.165, 1.54) is 6.26 Å². The van der Waals surface area contributed by atoms with Crippen molar-refractivity contribution in [2.24, 2.45) is 0 Å². The summed E-state index contributed by atoms with van der Waals surface area (Å²) in [5.41, 5.74) is 0.943. The van der Waals surface area contributed by atoms with E-state index in [1.54, 1.807) is 6.08 Å².